The van der Waals surface area contributed by atoms with Gasteiger partial charge in [0.15, 0.2) is 12.4 Å². The van der Waals surface area contributed by atoms with Crippen LogP contribution in [0.2, 0.25) is 0 Å². The standard InChI is InChI=1S/C43H38F4N2O5/c1-24-18-25(2)38(26(3)19-24)41(51)35-21-34-33-20-28(39(48-54-27(4)50)32-13-7-8-14-37(32)53-23-43(46,47)42(44)45)15-16-36(33)49(22-29-10-9-17-52-29)40(34)31-12-6-5-11-30(31)35/h5-8,11-16,18-21,29,42H,9-10,17,22-23H2,1-4H3. The number of hydrogen-bond donors (Lipinski definition) is 0. The van der Waals surface area contributed by atoms with Gasteiger partial charge in [-0.1, -0.05) is 65.3 Å². The molecule has 7 rings (SSSR count). The Labute approximate surface area is 309 Å². The molecule has 1 unspecified atom stereocenters. The summed E-state index contributed by atoms with van der Waals surface area (Å²) in [6, 6.07) is 25.2. The van der Waals surface area contributed by atoms with Crippen LogP contribution in [0, 0.1) is 20.8 Å². The van der Waals surface area contributed by atoms with E-state index in [0.29, 0.717) is 29.8 Å². The van der Waals surface area contributed by atoms with E-state index in [2.05, 4.69) is 9.72 Å². The number of ketones is 1. The molecule has 1 aliphatic heterocycles. The van der Waals surface area contributed by atoms with Crippen LogP contribution in [-0.4, -0.2) is 53.7 Å². The number of aromatic nitrogens is 1. The lowest BCUT2D eigenvalue weighted by Crippen LogP contribution is -2.34. The molecule has 0 radical (unpaired) electrons. The molecule has 0 spiro atoms. The maximum absolute atomic E-state index is 14.6. The van der Waals surface area contributed by atoms with E-state index < -0.39 is 24.9 Å². The minimum Gasteiger partial charge on any atom is -0.486 e. The number of para-hydroxylation sites is 1. The van der Waals surface area contributed by atoms with Gasteiger partial charge < -0.3 is 18.9 Å². The number of alkyl halides is 4. The van der Waals surface area contributed by atoms with Gasteiger partial charge >= 0.3 is 18.3 Å². The molecule has 54 heavy (non-hydrogen) atoms. The molecule has 1 atom stereocenters. The SMILES string of the molecule is CC(=O)ON=C(c1ccc2c(c1)c1cc(C(=O)c3c(C)cc(C)cc3C)c3ccccc3c1n2CC1CCCO1)c1ccccc1OCC(F)(F)C(F)F. The van der Waals surface area contributed by atoms with Crippen LogP contribution in [0.3, 0.4) is 0 Å². The summed E-state index contributed by atoms with van der Waals surface area (Å²) in [6.45, 7) is 6.68. The Morgan fingerprint density at radius 2 is 1.59 bits per heavy atom. The van der Waals surface area contributed by atoms with Gasteiger partial charge in [-0.3, -0.25) is 4.79 Å². The molecule has 0 bridgehead atoms. The van der Waals surface area contributed by atoms with Gasteiger partial charge in [-0.05, 0) is 80.5 Å². The molecule has 6 aromatic rings. The van der Waals surface area contributed by atoms with Crippen LogP contribution in [0.25, 0.3) is 32.6 Å². The molecule has 0 N–H and O–H groups in total. The molecule has 0 amide bonds. The Hall–Kier alpha value is -5.55. The van der Waals surface area contributed by atoms with Gasteiger partial charge in [0.1, 0.15) is 11.5 Å². The van der Waals surface area contributed by atoms with Crippen molar-refractivity contribution in [3.05, 3.63) is 124 Å². The summed E-state index contributed by atoms with van der Waals surface area (Å²) in [6.07, 6.45) is -2.13. The number of fused-ring (bicyclic) bond motifs is 5. The number of ether oxygens (including phenoxy) is 2. The molecule has 0 aliphatic carbocycles. The number of carbonyl (C=O) groups is 2. The van der Waals surface area contributed by atoms with E-state index in [1.807, 2.05) is 75.4 Å². The topological polar surface area (TPSA) is 79.1 Å². The third-order valence-corrected chi connectivity index (χ3v) is 9.84. The molecular weight excluding hydrogens is 700 g/mol. The Morgan fingerprint density at radius 1 is 0.889 bits per heavy atom. The van der Waals surface area contributed by atoms with Gasteiger partial charge in [0.25, 0.3) is 0 Å². The fraction of sp³-hybridized carbons (Fsp3) is 0.279. The minimum absolute atomic E-state index is 0.0297. The summed E-state index contributed by atoms with van der Waals surface area (Å²) < 4.78 is 67.6. The van der Waals surface area contributed by atoms with Crippen molar-refractivity contribution < 1.29 is 41.5 Å². The van der Waals surface area contributed by atoms with Crippen molar-refractivity contribution in [3.63, 3.8) is 0 Å². The van der Waals surface area contributed by atoms with Crippen LogP contribution in [0.5, 0.6) is 5.75 Å². The highest BCUT2D eigenvalue weighted by atomic mass is 19.3. The van der Waals surface area contributed by atoms with E-state index in [0.717, 1.165) is 69.0 Å². The van der Waals surface area contributed by atoms with E-state index in [1.165, 1.54) is 18.2 Å². The number of nitrogens with zero attached hydrogens (tertiary/aromatic N) is 2. The molecule has 1 aliphatic rings. The first-order valence-corrected chi connectivity index (χ1v) is 17.7. The first kappa shape index (κ1) is 36.8. The zero-order valence-electron chi connectivity index (χ0n) is 30.2. The van der Waals surface area contributed by atoms with Crippen LogP contribution < -0.4 is 4.74 Å². The number of benzene rings is 5. The van der Waals surface area contributed by atoms with Crippen molar-refractivity contribution in [2.24, 2.45) is 5.16 Å². The van der Waals surface area contributed by atoms with Crippen molar-refractivity contribution in [1.29, 1.82) is 0 Å². The summed E-state index contributed by atoms with van der Waals surface area (Å²) in [5, 5.41) is 7.32. The lowest BCUT2D eigenvalue weighted by molar-refractivity contribution is -0.148. The molecule has 1 fully saturated rings. The van der Waals surface area contributed by atoms with E-state index >= 15 is 0 Å². The third-order valence-electron chi connectivity index (χ3n) is 9.84. The van der Waals surface area contributed by atoms with Crippen LogP contribution in [0.15, 0.2) is 90.1 Å². The Balaban J connectivity index is 1.47. The van der Waals surface area contributed by atoms with Gasteiger partial charge in [-0.2, -0.15) is 8.78 Å². The highest BCUT2D eigenvalue weighted by Gasteiger charge is 2.42. The van der Waals surface area contributed by atoms with Crippen LogP contribution >= 0.6 is 0 Å². The summed E-state index contributed by atoms with van der Waals surface area (Å²) >= 11 is 0. The molecule has 0 saturated carbocycles. The summed E-state index contributed by atoms with van der Waals surface area (Å²) in [7, 11) is 0. The monoisotopic (exact) mass is 738 g/mol. The smallest absolute Gasteiger partial charge is 0.340 e. The zero-order chi connectivity index (χ0) is 38.3. The fourth-order valence-electron chi connectivity index (χ4n) is 7.55. The molecule has 278 valence electrons. The fourth-order valence-corrected chi connectivity index (χ4v) is 7.55. The second-order valence-electron chi connectivity index (χ2n) is 13.8. The summed E-state index contributed by atoms with van der Waals surface area (Å²) in [5.41, 5.74) is 6.33. The van der Waals surface area contributed by atoms with E-state index in [9.17, 15) is 27.2 Å². The molecule has 5 aromatic carbocycles. The van der Waals surface area contributed by atoms with Crippen molar-refractivity contribution in [2.45, 2.75) is 65.5 Å². The van der Waals surface area contributed by atoms with Gasteiger partial charge in [0, 0.05) is 64.0 Å². The highest BCUT2D eigenvalue weighted by molar-refractivity contribution is 6.27. The zero-order valence-corrected chi connectivity index (χ0v) is 30.2. The number of hydrogen-bond acceptors (Lipinski definition) is 6. The average Bonchev–Trinajstić information content (AvgIpc) is 3.76. The Morgan fingerprint density at radius 3 is 2.28 bits per heavy atom. The second-order valence-corrected chi connectivity index (χ2v) is 13.8. The van der Waals surface area contributed by atoms with Gasteiger partial charge in [0.05, 0.1) is 11.6 Å². The van der Waals surface area contributed by atoms with E-state index in [1.54, 1.807) is 12.1 Å². The number of aryl methyl sites for hydroxylation is 3. The number of carbonyl (C=O) groups excluding carboxylic acids is 2. The summed E-state index contributed by atoms with van der Waals surface area (Å²) in [4.78, 5) is 31.7. The lowest BCUT2D eigenvalue weighted by atomic mass is 9.89. The van der Waals surface area contributed by atoms with Crippen LogP contribution in [0.4, 0.5) is 17.6 Å². The average molecular weight is 739 g/mol. The predicted molar refractivity (Wildman–Crippen MR) is 200 cm³/mol. The lowest BCUT2D eigenvalue weighted by Gasteiger charge is -2.18. The maximum Gasteiger partial charge on any atom is 0.340 e. The molecular formula is C43H38F4N2O5. The maximum atomic E-state index is 14.6. The molecule has 11 heteroatoms. The first-order chi connectivity index (χ1) is 25.8. The van der Waals surface area contributed by atoms with Gasteiger partial charge in [-0.15, -0.1) is 0 Å². The van der Waals surface area contributed by atoms with Gasteiger partial charge in [-0.25, -0.2) is 13.6 Å². The normalized spacial score (nSPS) is 15.1. The molecule has 1 aromatic heterocycles. The largest absolute Gasteiger partial charge is 0.486 e. The second kappa shape index (κ2) is 14.7. The van der Waals surface area contributed by atoms with Crippen LogP contribution in [0.1, 0.15) is 63.5 Å². The molecule has 1 saturated heterocycles. The molecule has 2 heterocycles. The number of halogens is 4. The highest BCUT2D eigenvalue weighted by Crippen LogP contribution is 2.39. The van der Waals surface area contributed by atoms with Crippen molar-refractivity contribution >= 4 is 50.0 Å². The molecule has 7 nitrogen and oxygen atoms in total. The Bertz CT molecular complexity index is 2440. The predicted octanol–water partition coefficient (Wildman–Crippen LogP) is 9.88. The van der Waals surface area contributed by atoms with Crippen molar-refractivity contribution in [2.75, 3.05) is 13.2 Å². The third kappa shape index (κ3) is 6.96. The first-order valence-electron chi connectivity index (χ1n) is 17.7. The summed E-state index contributed by atoms with van der Waals surface area (Å²) in [5.74, 6) is -5.41. The minimum atomic E-state index is -4.41. The Kier molecular flexibility index (Phi) is 10.0. The van der Waals surface area contributed by atoms with Gasteiger partial charge in [0.2, 0.25) is 0 Å². The van der Waals surface area contributed by atoms with Crippen molar-refractivity contribution in [3.8, 4) is 5.75 Å². The van der Waals surface area contributed by atoms with E-state index in [-0.39, 0.29) is 28.9 Å². The number of rotatable bonds is 11. The van der Waals surface area contributed by atoms with Crippen molar-refractivity contribution in [1.82, 2.24) is 4.57 Å². The van der Waals surface area contributed by atoms with E-state index in [4.69, 9.17) is 14.3 Å². The van der Waals surface area contributed by atoms with Crippen LogP contribution in [-0.2, 0) is 20.9 Å². The number of oxime groups is 1. The quantitative estimate of drug-likeness (QED) is 0.0435.